The molecule has 3 aromatic rings. The Labute approximate surface area is 162 Å². The number of phenols is 2. The molecule has 0 aliphatic rings. The van der Waals surface area contributed by atoms with Crippen LogP contribution in [0.1, 0.15) is 15.9 Å². The quantitative estimate of drug-likeness (QED) is 0.435. The molecule has 0 aliphatic heterocycles. The highest BCUT2D eigenvalue weighted by molar-refractivity contribution is 7.92. The van der Waals surface area contributed by atoms with E-state index in [4.69, 9.17) is 0 Å². The number of anilines is 1. The Morgan fingerprint density at radius 1 is 0.821 bits per heavy atom. The lowest BCUT2D eigenvalue weighted by Gasteiger charge is -2.11. The first kappa shape index (κ1) is 19.2. The Bertz CT molecular complexity index is 1120. The first-order valence-electron chi connectivity index (χ1n) is 8.27. The molecule has 0 spiro atoms. The van der Waals surface area contributed by atoms with Crippen LogP contribution in [0, 0.1) is 0 Å². The Kier molecular flexibility index (Phi) is 5.47. The van der Waals surface area contributed by atoms with Crippen LogP contribution in [0.15, 0.2) is 83.8 Å². The fraction of sp³-hybridized carbons (Fsp3) is 0. The SMILES string of the molecule is O=C(/C=C/c1ccc(O)cc1)c1ccccc1NS(=O)(=O)c1ccc(O)cc1. The van der Waals surface area contributed by atoms with Crippen LogP contribution in [0.2, 0.25) is 0 Å². The van der Waals surface area contributed by atoms with E-state index in [1.54, 1.807) is 30.3 Å². The molecule has 7 heteroatoms. The third-order valence-corrected chi connectivity index (χ3v) is 5.29. The molecule has 0 saturated heterocycles. The highest BCUT2D eigenvalue weighted by Crippen LogP contribution is 2.22. The van der Waals surface area contributed by atoms with Gasteiger partial charge in [-0.05, 0) is 60.2 Å². The molecule has 142 valence electrons. The zero-order valence-corrected chi connectivity index (χ0v) is 15.4. The molecule has 0 atom stereocenters. The zero-order valence-electron chi connectivity index (χ0n) is 14.6. The summed E-state index contributed by atoms with van der Waals surface area (Å²) in [5.41, 5.74) is 1.06. The van der Waals surface area contributed by atoms with Gasteiger partial charge in [0.1, 0.15) is 11.5 Å². The van der Waals surface area contributed by atoms with Gasteiger partial charge >= 0.3 is 0 Å². The van der Waals surface area contributed by atoms with Crippen LogP contribution < -0.4 is 4.72 Å². The van der Waals surface area contributed by atoms with E-state index in [9.17, 15) is 23.4 Å². The molecule has 0 unspecified atom stereocenters. The molecule has 0 amide bonds. The predicted octanol–water partition coefficient (Wildman–Crippen LogP) is 3.79. The number of carbonyl (C=O) groups is 1. The first-order valence-corrected chi connectivity index (χ1v) is 9.76. The normalized spacial score (nSPS) is 11.4. The minimum absolute atomic E-state index is 0.0350. The first-order chi connectivity index (χ1) is 13.3. The van der Waals surface area contributed by atoms with Gasteiger partial charge in [0.15, 0.2) is 5.78 Å². The number of ketones is 1. The maximum Gasteiger partial charge on any atom is 0.261 e. The summed E-state index contributed by atoms with van der Waals surface area (Å²) in [6.45, 7) is 0. The fourth-order valence-electron chi connectivity index (χ4n) is 2.46. The molecule has 0 bridgehead atoms. The lowest BCUT2D eigenvalue weighted by atomic mass is 10.1. The monoisotopic (exact) mass is 395 g/mol. The van der Waals surface area contributed by atoms with Crippen molar-refractivity contribution in [3.8, 4) is 11.5 Å². The molecule has 0 fully saturated rings. The minimum Gasteiger partial charge on any atom is -0.508 e. The van der Waals surface area contributed by atoms with Crippen molar-refractivity contribution in [2.45, 2.75) is 4.90 Å². The molecule has 0 heterocycles. The number of aromatic hydroxyl groups is 2. The summed E-state index contributed by atoms with van der Waals surface area (Å²) < 4.78 is 27.5. The number of para-hydroxylation sites is 1. The average Bonchev–Trinajstić information content (AvgIpc) is 2.68. The summed E-state index contributed by atoms with van der Waals surface area (Å²) in [6.07, 6.45) is 2.91. The molecule has 0 saturated carbocycles. The van der Waals surface area contributed by atoms with Crippen LogP contribution in [-0.4, -0.2) is 24.4 Å². The second kappa shape index (κ2) is 7.98. The number of nitrogens with one attached hydrogen (secondary N) is 1. The number of allylic oxidation sites excluding steroid dienone is 1. The van der Waals surface area contributed by atoms with Gasteiger partial charge in [-0.3, -0.25) is 9.52 Å². The largest absolute Gasteiger partial charge is 0.508 e. The second-order valence-electron chi connectivity index (χ2n) is 5.93. The van der Waals surface area contributed by atoms with E-state index in [2.05, 4.69) is 4.72 Å². The van der Waals surface area contributed by atoms with E-state index < -0.39 is 10.0 Å². The Morgan fingerprint density at radius 2 is 1.39 bits per heavy atom. The van der Waals surface area contributed by atoms with Gasteiger partial charge in [-0.15, -0.1) is 0 Å². The Balaban J connectivity index is 1.85. The van der Waals surface area contributed by atoms with Crippen LogP contribution >= 0.6 is 0 Å². The molecule has 0 aliphatic carbocycles. The van der Waals surface area contributed by atoms with Crippen molar-refractivity contribution >= 4 is 27.6 Å². The van der Waals surface area contributed by atoms with Gasteiger partial charge in [0, 0.05) is 5.56 Å². The van der Waals surface area contributed by atoms with Crippen molar-refractivity contribution in [2.75, 3.05) is 4.72 Å². The van der Waals surface area contributed by atoms with E-state index in [0.29, 0.717) is 5.56 Å². The number of benzene rings is 3. The summed E-state index contributed by atoms with van der Waals surface area (Å²) in [6, 6.07) is 17.7. The van der Waals surface area contributed by atoms with Crippen LogP contribution in [0.3, 0.4) is 0 Å². The molecule has 3 aromatic carbocycles. The molecule has 0 aromatic heterocycles. The van der Waals surface area contributed by atoms with Crippen LogP contribution in [-0.2, 0) is 10.0 Å². The van der Waals surface area contributed by atoms with Crippen molar-refractivity contribution in [1.82, 2.24) is 0 Å². The molecular weight excluding hydrogens is 378 g/mol. The van der Waals surface area contributed by atoms with Gasteiger partial charge in [0.2, 0.25) is 0 Å². The van der Waals surface area contributed by atoms with Crippen molar-refractivity contribution in [1.29, 1.82) is 0 Å². The van der Waals surface area contributed by atoms with Gasteiger partial charge in [0.25, 0.3) is 10.0 Å². The standard InChI is InChI=1S/C21H17NO5S/c23-16-8-5-15(6-9-16)7-14-21(25)19-3-1-2-4-20(19)22-28(26,27)18-12-10-17(24)11-13-18/h1-14,22-24H/b14-7+. The topological polar surface area (TPSA) is 104 Å². The van der Waals surface area contributed by atoms with Crippen molar-refractivity contribution < 1.29 is 23.4 Å². The van der Waals surface area contributed by atoms with Crippen molar-refractivity contribution in [3.05, 3.63) is 90.0 Å². The van der Waals surface area contributed by atoms with Gasteiger partial charge in [0.05, 0.1) is 10.6 Å². The highest BCUT2D eigenvalue weighted by atomic mass is 32.2. The number of carbonyl (C=O) groups excluding carboxylic acids is 1. The molecule has 3 N–H and O–H groups in total. The van der Waals surface area contributed by atoms with Crippen LogP contribution in [0.4, 0.5) is 5.69 Å². The number of phenolic OH excluding ortho intramolecular Hbond substituents is 2. The maximum atomic E-state index is 12.6. The van der Waals surface area contributed by atoms with Gasteiger partial charge in [-0.1, -0.05) is 30.3 Å². The van der Waals surface area contributed by atoms with Crippen LogP contribution in [0.5, 0.6) is 11.5 Å². The smallest absolute Gasteiger partial charge is 0.261 e. The third kappa shape index (κ3) is 4.57. The summed E-state index contributed by atoms with van der Waals surface area (Å²) >= 11 is 0. The number of sulfonamides is 1. The average molecular weight is 395 g/mol. The second-order valence-corrected chi connectivity index (χ2v) is 7.62. The van der Waals surface area contributed by atoms with E-state index in [1.807, 2.05) is 0 Å². The number of rotatable bonds is 6. The zero-order chi connectivity index (χ0) is 20.1. The summed E-state index contributed by atoms with van der Waals surface area (Å²) in [5.74, 6) is -0.302. The number of hydrogen-bond acceptors (Lipinski definition) is 5. The minimum atomic E-state index is -3.92. The van der Waals surface area contributed by atoms with Crippen molar-refractivity contribution in [2.24, 2.45) is 0 Å². The summed E-state index contributed by atoms with van der Waals surface area (Å²) in [4.78, 5) is 12.5. The summed E-state index contributed by atoms with van der Waals surface area (Å²) in [7, 11) is -3.92. The lowest BCUT2D eigenvalue weighted by Crippen LogP contribution is -2.15. The fourth-order valence-corrected chi connectivity index (χ4v) is 3.54. The van der Waals surface area contributed by atoms with E-state index in [1.165, 1.54) is 54.6 Å². The lowest BCUT2D eigenvalue weighted by molar-refractivity contribution is 0.104. The Hall–Kier alpha value is -3.58. The van der Waals surface area contributed by atoms with Crippen molar-refractivity contribution in [3.63, 3.8) is 0 Å². The van der Waals surface area contributed by atoms with Crippen LogP contribution in [0.25, 0.3) is 6.08 Å². The van der Waals surface area contributed by atoms with Gasteiger partial charge in [-0.2, -0.15) is 0 Å². The van der Waals surface area contributed by atoms with E-state index in [-0.39, 0.29) is 33.4 Å². The maximum absolute atomic E-state index is 12.6. The molecule has 0 radical (unpaired) electrons. The third-order valence-electron chi connectivity index (χ3n) is 3.90. The van der Waals surface area contributed by atoms with Gasteiger partial charge in [-0.25, -0.2) is 8.42 Å². The molecular formula is C21H17NO5S. The van der Waals surface area contributed by atoms with E-state index in [0.717, 1.165) is 0 Å². The predicted molar refractivity (Wildman–Crippen MR) is 107 cm³/mol. The molecule has 28 heavy (non-hydrogen) atoms. The highest BCUT2D eigenvalue weighted by Gasteiger charge is 2.17. The van der Waals surface area contributed by atoms with E-state index >= 15 is 0 Å². The molecule has 3 rings (SSSR count). The Morgan fingerprint density at radius 3 is 2.04 bits per heavy atom. The summed E-state index contributed by atoms with van der Waals surface area (Å²) in [5, 5.41) is 18.6. The van der Waals surface area contributed by atoms with Gasteiger partial charge < -0.3 is 10.2 Å². The molecule has 6 nitrogen and oxygen atoms in total. The number of hydrogen-bond donors (Lipinski definition) is 3.